The summed E-state index contributed by atoms with van der Waals surface area (Å²) in [5.41, 5.74) is 0. The van der Waals surface area contributed by atoms with Crippen LogP contribution in [0.3, 0.4) is 0 Å². The van der Waals surface area contributed by atoms with Crippen molar-refractivity contribution in [2.75, 3.05) is 5.32 Å². The number of furan rings is 1. The molecule has 0 bridgehead atoms. The van der Waals surface area contributed by atoms with Gasteiger partial charge in [-0.2, -0.15) is 0 Å². The fraction of sp³-hybridized carbons (Fsp3) is 0.0714. The standard InChI is InChI=1S/C14H11N3O4/c18-13(11-7-4-8-19-11)15-14-17-16-12(21-14)9-20-10-5-2-1-3-6-10/h1-8H,9H2,(H,15,17,18). The predicted molar refractivity (Wildman–Crippen MR) is 71.7 cm³/mol. The number of carbonyl (C=O) groups is 1. The Morgan fingerprint density at radius 3 is 2.76 bits per heavy atom. The molecule has 3 aromatic rings. The molecule has 7 nitrogen and oxygen atoms in total. The zero-order valence-electron chi connectivity index (χ0n) is 10.9. The van der Waals surface area contributed by atoms with Crippen molar-refractivity contribution in [3.05, 3.63) is 60.4 Å². The second-order valence-corrected chi connectivity index (χ2v) is 4.03. The second-order valence-electron chi connectivity index (χ2n) is 4.03. The molecule has 3 rings (SSSR count). The van der Waals surface area contributed by atoms with Crippen molar-refractivity contribution in [2.24, 2.45) is 0 Å². The van der Waals surface area contributed by atoms with E-state index in [1.807, 2.05) is 30.3 Å². The monoisotopic (exact) mass is 285 g/mol. The maximum Gasteiger partial charge on any atom is 0.322 e. The summed E-state index contributed by atoms with van der Waals surface area (Å²) in [7, 11) is 0. The van der Waals surface area contributed by atoms with Gasteiger partial charge in [-0.05, 0) is 24.3 Å². The van der Waals surface area contributed by atoms with Crippen LogP contribution in [0.5, 0.6) is 5.75 Å². The molecule has 7 heteroatoms. The molecule has 106 valence electrons. The summed E-state index contributed by atoms with van der Waals surface area (Å²) in [6.07, 6.45) is 1.40. The van der Waals surface area contributed by atoms with Crippen molar-refractivity contribution in [3.63, 3.8) is 0 Å². The SMILES string of the molecule is O=C(Nc1nnc(COc2ccccc2)o1)c1ccco1. The number of carbonyl (C=O) groups excluding carboxylic acids is 1. The molecule has 0 saturated heterocycles. The van der Waals surface area contributed by atoms with E-state index in [1.54, 1.807) is 6.07 Å². The third-order valence-electron chi connectivity index (χ3n) is 2.54. The zero-order valence-corrected chi connectivity index (χ0v) is 10.9. The van der Waals surface area contributed by atoms with Crippen LogP contribution in [0.1, 0.15) is 16.4 Å². The van der Waals surface area contributed by atoms with E-state index >= 15 is 0 Å². The van der Waals surface area contributed by atoms with E-state index in [0.29, 0.717) is 5.75 Å². The Morgan fingerprint density at radius 1 is 1.14 bits per heavy atom. The summed E-state index contributed by atoms with van der Waals surface area (Å²) in [6, 6.07) is 12.4. The molecule has 0 atom stereocenters. The smallest absolute Gasteiger partial charge is 0.322 e. The minimum Gasteiger partial charge on any atom is -0.484 e. The van der Waals surface area contributed by atoms with Gasteiger partial charge in [-0.15, -0.1) is 5.10 Å². The molecule has 0 saturated carbocycles. The van der Waals surface area contributed by atoms with E-state index in [1.165, 1.54) is 12.3 Å². The van der Waals surface area contributed by atoms with Gasteiger partial charge in [-0.1, -0.05) is 23.3 Å². The van der Waals surface area contributed by atoms with E-state index in [9.17, 15) is 4.79 Å². The fourth-order valence-corrected chi connectivity index (χ4v) is 1.59. The average Bonchev–Trinajstić information content (AvgIpc) is 3.18. The van der Waals surface area contributed by atoms with Gasteiger partial charge < -0.3 is 13.6 Å². The quantitative estimate of drug-likeness (QED) is 0.774. The number of nitrogens with zero attached hydrogens (tertiary/aromatic N) is 2. The van der Waals surface area contributed by atoms with Gasteiger partial charge in [0, 0.05) is 0 Å². The summed E-state index contributed by atoms with van der Waals surface area (Å²) < 4.78 is 15.7. The van der Waals surface area contributed by atoms with Crippen LogP contribution in [0.15, 0.2) is 57.6 Å². The molecule has 1 N–H and O–H groups in total. The number of ether oxygens (including phenoxy) is 1. The number of aromatic nitrogens is 2. The lowest BCUT2D eigenvalue weighted by Gasteiger charge is -2.01. The van der Waals surface area contributed by atoms with E-state index < -0.39 is 5.91 Å². The number of hydrogen-bond donors (Lipinski definition) is 1. The van der Waals surface area contributed by atoms with E-state index in [0.717, 1.165) is 0 Å². The van der Waals surface area contributed by atoms with Crippen LogP contribution < -0.4 is 10.1 Å². The predicted octanol–water partition coefficient (Wildman–Crippen LogP) is 2.49. The first kappa shape index (κ1) is 12.9. The lowest BCUT2D eigenvalue weighted by atomic mass is 10.3. The highest BCUT2D eigenvalue weighted by atomic mass is 16.5. The van der Waals surface area contributed by atoms with Crippen LogP contribution in [0.2, 0.25) is 0 Å². The molecule has 0 unspecified atom stereocenters. The summed E-state index contributed by atoms with van der Waals surface area (Å²) in [5, 5.41) is 9.92. The molecular formula is C14H11N3O4. The lowest BCUT2D eigenvalue weighted by molar-refractivity contribution is 0.0993. The lowest BCUT2D eigenvalue weighted by Crippen LogP contribution is -2.10. The van der Waals surface area contributed by atoms with Gasteiger partial charge in [-0.25, -0.2) is 0 Å². The number of benzene rings is 1. The molecule has 2 heterocycles. The Bertz CT molecular complexity index is 707. The van der Waals surface area contributed by atoms with Crippen molar-refractivity contribution < 1.29 is 18.4 Å². The van der Waals surface area contributed by atoms with Crippen molar-refractivity contribution in [2.45, 2.75) is 6.61 Å². The molecule has 1 amide bonds. The van der Waals surface area contributed by atoms with Crippen molar-refractivity contribution in [1.82, 2.24) is 10.2 Å². The molecule has 0 aliphatic carbocycles. The molecule has 0 radical (unpaired) electrons. The number of nitrogens with one attached hydrogen (secondary N) is 1. The number of rotatable bonds is 5. The van der Waals surface area contributed by atoms with Crippen molar-refractivity contribution in [1.29, 1.82) is 0 Å². The first-order valence-corrected chi connectivity index (χ1v) is 6.16. The van der Waals surface area contributed by atoms with Crippen LogP contribution in [0.25, 0.3) is 0 Å². The van der Waals surface area contributed by atoms with Gasteiger partial charge >= 0.3 is 6.01 Å². The van der Waals surface area contributed by atoms with Crippen molar-refractivity contribution >= 4 is 11.9 Å². The Hall–Kier alpha value is -3.09. The molecular weight excluding hydrogens is 274 g/mol. The van der Waals surface area contributed by atoms with Crippen LogP contribution in [-0.4, -0.2) is 16.1 Å². The summed E-state index contributed by atoms with van der Waals surface area (Å²) in [4.78, 5) is 11.7. The zero-order chi connectivity index (χ0) is 14.5. The molecule has 2 aromatic heterocycles. The molecule has 0 fully saturated rings. The van der Waals surface area contributed by atoms with E-state index in [2.05, 4.69) is 15.5 Å². The topological polar surface area (TPSA) is 90.4 Å². The Kier molecular flexibility index (Phi) is 3.64. The summed E-state index contributed by atoms with van der Waals surface area (Å²) in [6.45, 7) is 0.119. The summed E-state index contributed by atoms with van der Waals surface area (Å²) >= 11 is 0. The van der Waals surface area contributed by atoms with Gasteiger partial charge in [0.05, 0.1) is 6.26 Å². The van der Waals surface area contributed by atoms with E-state index in [4.69, 9.17) is 13.6 Å². The average molecular weight is 285 g/mol. The van der Waals surface area contributed by atoms with Crippen LogP contribution in [0.4, 0.5) is 6.01 Å². The Morgan fingerprint density at radius 2 is 2.00 bits per heavy atom. The Balaban J connectivity index is 1.57. The number of amides is 1. The van der Waals surface area contributed by atoms with Gasteiger partial charge in [0.1, 0.15) is 5.75 Å². The minimum atomic E-state index is -0.459. The molecule has 21 heavy (non-hydrogen) atoms. The third-order valence-corrected chi connectivity index (χ3v) is 2.54. The third kappa shape index (κ3) is 3.27. The molecule has 0 aliphatic rings. The normalized spacial score (nSPS) is 10.3. The fourth-order valence-electron chi connectivity index (χ4n) is 1.59. The maximum atomic E-state index is 11.7. The highest BCUT2D eigenvalue weighted by Crippen LogP contribution is 2.13. The molecule has 1 aromatic carbocycles. The van der Waals surface area contributed by atoms with E-state index in [-0.39, 0.29) is 24.3 Å². The highest BCUT2D eigenvalue weighted by molar-refractivity contribution is 6.00. The van der Waals surface area contributed by atoms with Gasteiger partial charge in [0.15, 0.2) is 12.4 Å². The Labute approximate surface area is 119 Å². The maximum absolute atomic E-state index is 11.7. The number of hydrogen-bond acceptors (Lipinski definition) is 6. The van der Waals surface area contributed by atoms with Crippen LogP contribution in [-0.2, 0) is 6.61 Å². The first-order valence-electron chi connectivity index (χ1n) is 6.16. The van der Waals surface area contributed by atoms with Gasteiger partial charge in [0.25, 0.3) is 11.8 Å². The van der Waals surface area contributed by atoms with Crippen molar-refractivity contribution in [3.8, 4) is 5.75 Å². The second kappa shape index (κ2) is 5.91. The molecule has 0 aliphatic heterocycles. The van der Waals surface area contributed by atoms with Gasteiger partial charge in [0.2, 0.25) is 0 Å². The number of anilines is 1. The largest absolute Gasteiger partial charge is 0.484 e. The number of para-hydroxylation sites is 1. The van der Waals surface area contributed by atoms with Gasteiger partial charge in [-0.3, -0.25) is 10.1 Å². The molecule has 0 spiro atoms. The van der Waals surface area contributed by atoms with Crippen LogP contribution in [0, 0.1) is 0 Å². The van der Waals surface area contributed by atoms with Crippen LogP contribution >= 0.6 is 0 Å². The minimum absolute atomic E-state index is 0.0111. The first-order chi connectivity index (χ1) is 10.3. The highest BCUT2D eigenvalue weighted by Gasteiger charge is 2.13. The summed E-state index contributed by atoms with van der Waals surface area (Å²) in [5.74, 6) is 0.653.